The first kappa shape index (κ1) is 17.1. The zero-order valence-corrected chi connectivity index (χ0v) is 13.2. The van der Waals surface area contributed by atoms with Crippen LogP contribution in [0.1, 0.15) is 24.5 Å². The highest BCUT2D eigenvalue weighted by atomic mass is 32.2. The first-order valence-corrected chi connectivity index (χ1v) is 8.33. The Bertz CT molecular complexity index is 503. The van der Waals surface area contributed by atoms with E-state index in [1.54, 1.807) is 7.11 Å². The second-order valence-electron chi connectivity index (χ2n) is 4.91. The second kappa shape index (κ2) is 8.36. The maximum absolute atomic E-state index is 12.1. The minimum absolute atomic E-state index is 0.00186. The van der Waals surface area contributed by atoms with Crippen LogP contribution in [0, 0.1) is 0 Å². The van der Waals surface area contributed by atoms with E-state index in [0.717, 1.165) is 17.7 Å². The molecule has 1 aromatic carbocycles. The van der Waals surface area contributed by atoms with Crippen molar-refractivity contribution in [1.29, 1.82) is 0 Å². The molecule has 2 N–H and O–H groups in total. The van der Waals surface area contributed by atoms with Gasteiger partial charge in [0.15, 0.2) is 0 Å². The van der Waals surface area contributed by atoms with E-state index in [0.29, 0.717) is 13.0 Å². The number of rotatable bonds is 9. The molecule has 114 valence electrons. The van der Waals surface area contributed by atoms with Crippen molar-refractivity contribution in [2.24, 2.45) is 0 Å². The van der Waals surface area contributed by atoms with Crippen LogP contribution in [-0.2, 0) is 27.1 Å². The summed E-state index contributed by atoms with van der Waals surface area (Å²) in [6.45, 7) is 3.11. The Balaban J connectivity index is 2.63. The summed E-state index contributed by atoms with van der Waals surface area (Å²) < 4.78 is 31.8. The molecule has 6 heteroatoms. The Morgan fingerprint density at radius 3 is 2.65 bits per heavy atom. The number of nitrogens with one attached hydrogen (secondary N) is 2. The minimum Gasteiger partial charge on any atom is -0.385 e. The molecule has 0 amide bonds. The molecule has 0 spiro atoms. The van der Waals surface area contributed by atoms with Crippen LogP contribution in [0.4, 0.5) is 0 Å². The van der Waals surface area contributed by atoms with E-state index in [1.165, 1.54) is 0 Å². The molecule has 1 aromatic rings. The van der Waals surface area contributed by atoms with Crippen molar-refractivity contribution in [1.82, 2.24) is 10.0 Å². The fourth-order valence-corrected chi connectivity index (χ4v) is 3.39. The number of ether oxygens (including phenoxy) is 1. The molecule has 0 aliphatic carbocycles. The zero-order chi connectivity index (χ0) is 15.0. The molecule has 0 saturated heterocycles. The summed E-state index contributed by atoms with van der Waals surface area (Å²) in [6.07, 6.45) is 0.662. The van der Waals surface area contributed by atoms with Crippen molar-refractivity contribution in [3.8, 4) is 0 Å². The first-order valence-electron chi connectivity index (χ1n) is 6.68. The molecule has 0 aliphatic rings. The predicted molar refractivity (Wildman–Crippen MR) is 80.9 cm³/mol. The van der Waals surface area contributed by atoms with E-state index in [4.69, 9.17) is 4.74 Å². The first-order chi connectivity index (χ1) is 9.46. The van der Waals surface area contributed by atoms with Crippen LogP contribution in [0.2, 0.25) is 0 Å². The third-order valence-electron chi connectivity index (χ3n) is 2.86. The van der Waals surface area contributed by atoms with Gasteiger partial charge in [-0.3, -0.25) is 0 Å². The fourth-order valence-electron chi connectivity index (χ4n) is 1.95. The molecule has 1 rings (SSSR count). The minimum atomic E-state index is -3.32. The summed E-state index contributed by atoms with van der Waals surface area (Å²) in [7, 11) is 0.147. The standard InChI is InChI=1S/C14H24N2O3S/c1-12(7-8-19-3)16-20(17,18)11-14-6-4-5-13(9-14)10-15-2/h4-6,9,12,15-16H,7-8,10-11H2,1-3H3. The van der Waals surface area contributed by atoms with Crippen LogP contribution in [0.25, 0.3) is 0 Å². The van der Waals surface area contributed by atoms with Gasteiger partial charge in [-0.1, -0.05) is 24.3 Å². The van der Waals surface area contributed by atoms with Gasteiger partial charge in [0, 0.05) is 26.3 Å². The molecule has 0 aliphatic heterocycles. The third-order valence-corrected chi connectivity index (χ3v) is 4.34. The predicted octanol–water partition coefficient (Wildman–Crippen LogP) is 1.25. The summed E-state index contributed by atoms with van der Waals surface area (Å²) in [5.74, 6) is 0.00186. The van der Waals surface area contributed by atoms with E-state index in [1.807, 2.05) is 38.2 Å². The lowest BCUT2D eigenvalue weighted by Crippen LogP contribution is -2.34. The highest BCUT2D eigenvalue weighted by Gasteiger charge is 2.15. The van der Waals surface area contributed by atoms with E-state index in [9.17, 15) is 8.42 Å². The number of sulfonamides is 1. The lowest BCUT2D eigenvalue weighted by atomic mass is 10.1. The SMILES string of the molecule is CNCc1cccc(CS(=O)(=O)NC(C)CCOC)c1. The van der Waals surface area contributed by atoms with Gasteiger partial charge in [0.05, 0.1) is 5.75 Å². The molecule has 0 fully saturated rings. The molecule has 20 heavy (non-hydrogen) atoms. The van der Waals surface area contributed by atoms with Crippen molar-refractivity contribution in [3.63, 3.8) is 0 Å². The van der Waals surface area contributed by atoms with Crippen molar-refractivity contribution < 1.29 is 13.2 Å². The molecule has 0 radical (unpaired) electrons. The molecule has 0 heterocycles. The summed E-state index contributed by atoms with van der Waals surface area (Å²) in [5, 5.41) is 3.05. The fraction of sp³-hybridized carbons (Fsp3) is 0.571. The Kier molecular flexibility index (Phi) is 7.15. The Labute approximate surface area is 121 Å². The van der Waals surface area contributed by atoms with Crippen LogP contribution >= 0.6 is 0 Å². The monoisotopic (exact) mass is 300 g/mol. The van der Waals surface area contributed by atoms with Gasteiger partial charge in [-0.05, 0) is 31.5 Å². The van der Waals surface area contributed by atoms with Gasteiger partial charge in [-0.25, -0.2) is 13.1 Å². The van der Waals surface area contributed by atoms with Gasteiger partial charge in [0.2, 0.25) is 10.0 Å². The van der Waals surface area contributed by atoms with Gasteiger partial charge in [-0.2, -0.15) is 0 Å². The van der Waals surface area contributed by atoms with E-state index < -0.39 is 10.0 Å². The normalized spacial score (nSPS) is 13.3. The Hall–Kier alpha value is -0.950. The van der Waals surface area contributed by atoms with Crippen molar-refractivity contribution in [2.75, 3.05) is 20.8 Å². The van der Waals surface area contributed by atoms with Gasteiger partial charge in [-0.15, -0.1) is 0 Å². The number of benzene rings is 1. The van der Waals surface area contributed by atoms with Gasteiger partial charge in [0.1, 0.15) is 0 Å². The maximum atomic E-state index is 12.1. The molecule has 0 bridgehead atoms. The summed E-state index contributed by atoms with van der Waals surface area (Å²) >= 11 is 0. The lowest BCUT2D eigenvalue weighted by Gasteiger charge is -2.14. The van der Waals surface area contributed by atoms with Crippen LogP contribution in [0.15, 0.2) is 24.3 Å². The van der Waals surface area contributed by atoms with Crippen molar-refractivity contribution in [2.45, 2.75) is 31.7 Å². The molecule has 0 saturated carbocycles. The van der Waals surface area contributed by atoms with Crippen molar-refractivity contribution in [3.05, 3.63) is 35.4 Å². The van der Waals surface area contributed by atoms with E-state index in [2.05, 4.69) is 10.0 Å². The molecular weight excluding hydrogens is 276 g/mol. The van der Waals surface area contributed by atoms with E-state index in [-0.39, 0.29) is 11.8 Å². The lowest BCUT2D eigenvalue weighted by molar-refractivity contribution is 0.188. The second-order valence-corrected chi connectivity index (χ2v) is 6.66. The van der Waals surface area contributed by atoms with Gasteiger partial charge in [0.25, 0.3) is 0 Å². The Morgan fingerprint density at radius 2 is 2.00 bits per heavy atom. The Morgan fingerprint density at radius 1 is 1.30 bits per heavy atom. The summed E-state index contributed by atoms with van der Waals surface area (Å²) in [4.78, 5) is 0. The highest BCUT2D eigenvalue weighted by molar-refractivity contribution is 7.88. The average molecular weight is 300 g/mol. The van der Waals surface area contributed by atoms with Crippen LogP contribution in [-0.4, -0.2) is 35.2 Å². The van der Waals surface area contributed by atoms with Gasteiger partial charge >= 0.3 is 0 Å². The average Bonchev–Trinajstić information content (AvgIpc) is 2.36. The largest absolute Gasteiger partial charge is 0.385 e. The highest BCUT2D eigenvalue weighted by Crippen LogP contribution is 2.09. The molecular formula is C14H24N2O3S. The molecule has 1 unspecified atom stereocenters. The summed E-state index contributed by atoms with van der Waals surface area (Å²) in [5.41, 5.74) is 1.87. The molecule has 0 aromatic heterocycles. The quantitative estimate of drug-likeness (QED) is 0.720. The smallest absolute Gasteiger partial charge is 0.216 e. The van der Waals surface area contributed by atoms with Gasteiger partial charge < -0.3 is 10.1 Å². The summed E-state index contributed by atoms with van der Waals surface area (Å²) in [6, 6.07) is 7.47. The van der Waals surface area contributed by atoms with Crippen molar-refractivity contribution >= 4 is 10.0 Å². The van der Waals surface area contributed by atoms with Crippen LogP contribution in [0.3, 0.4) is 0 Å². The number of hydrogen-bond donors (Lipinski definition) is 2. The third kappa shape index (κ3) is 6.47. The van der Waals surface area contributed by atoms with Crippen LogP contribution in [0.5, 0.6) is 0 Å². The zero-order valence-electron chi connectivity index (χ0n) is 12.3. The molecule has 1 atom stereocenters. The van der Waals surface area contributed by atoms with Crippen LogP contribution < -0.4 is 10.0 Å². The number of methoxy groups -OCH3 is 1. The van der Waals surface area contributed by atoms with E-state index >= 15 is 0 Å². The topological polar surface area (TPSA) is 67.4 Å². The maximum Gasteiger partial charge on any atom is 0.216 e. The number of hydrogen-bond acceptors (Lipinski definition) is 4. The molecule has 5 nitrogen and oxygen atoms in total.